The topological polar surface area (TPSA) is 41.5 Å². The normalized spacial score (nSPS) is 18.4. The molecule has 1 aromatic heterocycles. The molecule has 138 valence electrons. The average molecular weight is 352 g/mol. The highest BCUT2D eigenvalue weighted by molar-refractivity contribution is 5.50. The maximum atomic E-state index is 6.29. The molecule has 0 atom stereocenters. The van der Waals surface area contributed by atoms with Crippen LogP contribution >= 0.6 is 0 Å². The van der Waals surface area contributed by atoms with Crippen LogP contribution in [0.2, 0.25) is 0 Å². The summed E-state index contributed by atoms with van der Waals surface area (Å²) < 4.78 is 6.29. The molecule has 4 rings (SSSR count). The van der Waals surface area contributed by atoms with E-state index in [1.54, 1.807) is 6.33 Å². The second kappa shape index (κ2) is 7.52. The molecule has 5 heteroatoms. The third-order valence-corrected chi connectivity index (χ3v) is 5.47. The Balaban J connectivity index is 1.37. The van der Waals surface area contributed by atoms with Crippen molar-refractivity contribution in [3.05, 3.63) is 41.7 Å². The van der Waals surface area contributed by atoms with E-state index in [-0.39, 0.29) is 6.10 Å². The second-order valence-corrected chi connectivity index (χ2v) is 7.50. The first-order valence-electron chi connectivity index (χ1n) is 9.75. The van der Waals surface area contributed by atoms with Gasteiger partial charge < -0.3 is 14.5 Å². The average Bonchev–Trinajstić information content (AvgIpc) is 3.20. The summed E-state index contributed by atoms with van der Waals surface area (Å²) in [6.07, 6.45) is 6.57. The first-order valence-corrected chi connectivity index (χ1v) is 9.75. The molecular weight excluding hydrogens is 324 g/mol. The van der Waals surface area contributed by atoms with Gasteiger partial charge in [-0.3, -0.25) is 0 Å². The van der Waals surface area contributed by atoms with Crippen molar-refractivity contribution < 1.29 is 4.74 Å². The van der Waals surface area contributed by atoms with Crippen LogP contribution in [-0.2, 0) is 0 Å². The second-order valence-electron chi connectivity index (χ2n) is 7.50. The Kier molecular flexibility index (Phi) is 4.96. The van der Waals surface area contributed by atoms with E-state index in [0.29, 0.717) is 0 Å². The van der Waals surface area contributed by atoms with Gasteiger partial charge >= 0.3 is 0 Å². The highest BCUT2D eigenvalue weighted by Crippen LogP contribution is 2.27. The highest BCUT2D eigenvalue weighted by Gasteiger charge is 2.23. The number of aromatic nitrogens is 2. The van der Waals surface area contributed by atoms with Crippen molar-refractivity contribution >= 4 is 11.6 Å². The Hall–Kier alpha value is -2.30. The van der Waals surface area contributed by atoms with Crippen LogP contribution in [-0.4, -0.2) is 42.3 Å². The first-order chi connectivity index (χ1) is 12.7. The van der Waals surface area contributed by atoms with Gasteiger partial charge in [0.15, 0.2) is 0 Å². The summed E-state index contributed by atoms with van der Waals surface area (Å²) in [4.78, 5) is 13.7. The summed E-state index contributed by atoms with van der Waals surface area (Å²) >= 11 is 0. The Morgan fingerprint density at radius 1 is 0.885 bits per heavy atom. The number of hydrogen-bond donors (Lipinski definition) is 0. The number of ether oxygens (including phenoxy) is 1. The molecule has 2 aromatic rings. The monoisotopic (exact) mass is 352 g/mol. The summed E-state index contributed by atoms with van der Waals surface area (Å²) in [7, 11) is 0. The lowest BCUT2D eigenvalue weighted by molar-refractivity contribution is 0.169. The molecule has 1 aromatic carbocycles. The van der Waals surface area contributed by atoms with Gasteiger partial charge in [0, 0.05) is 45.1 Å². The van der Waals surface area contributed by atoms with E-state index in [1.165, 1.54) is 24.0 Å². The first kappa shape index (κ1) is 17.1. The van der Waals surface area contributed by atoms with Crippen molar-refractivity contribution in [1.82, 2.24) is 9.97 Å². The Labute approximate surface area is 156 Å². The van der Waals surface area contributed by atoms with Crippen LogP contribution in [0.5, 0.6) is 5.75 Å². The quantitative estimate of drug-likeness (QED) is 0.838. The molecule has 0 spiro atoms. The van der Waals surface area contributed by atoms with Crippen LogP contribution in [0.15, 0.2) is 30.6 Å². The van der Waals surface area contributed by atoms with Crippen molar-refractivity contribution in [2.75, 3.05) is 36.0 Å². The van der Waals surface area contributed by atoms with Crippen molar-refractivity contribution in [3.8, 4) is 5.75 Å². The molecule has 2 aliphatic rings. The molecule has 2 saturated heterocycles. The van der Waals surface area contributed by atoms with E-state index in [0.717, 1.165) is 56.4 Å². The van der Waals surface area contributed by atoms with Crippen molar-refractivity contribution in [2.24, 2.45) is 0 Å². The fourth-order valence-electron chi connectivity index (χ4n) is 3.85. The van der Waals surface area contributed by atoms with Gasteiger partial charge in [-0.1, -0.05) is 12.1 Å². The van der Waals surface area contributed by atoms with E-state index in [9.17, 15) is 0 Å². The van der Waals surface area contributed by atoms with Gasteiger partial charge in [0.25, 0.3) is 0 Å². The number of aryl methyl sites for hydroxylation is 2. The molecule has 0 radical (unpaired) electrons. The Morgan fingerprint density at radius 2 is 1.54 bits per heavy atom. The van der Waals surface area contributed by atoms with Crippen molar-refractivity contribution in [3.63, 3.8) is 0 Å². The smallest absolute Gasteiger partial charge is 0.134 e. The van der Waals surface area contributed by atoms with Crippen LogP contribution in [0.4, 0.5) is 11.6 Å². The Morgan fingerprint density at radius 3 is 2.23 bits per heavy atom. The van der Waals surface area contributed by atoms with E-state index in [1.807, 2.05) is 0 Å². The predicted molar refractivity (Wildman–Crippen MR) is 105 cm³/mol. The summed E-state index contributed by atoms with van der Waals surface area (Å²) in [6.45, 7) is 8.41. The van der Waals surface area contributed by atoms with Crippen molar-refractivity contribution in [2.45, 2.75) is 45.6 Å². The molecule has 26 heavy (non-hydrogen) atoms. The van der Waals surface area contributed by atoms with Crippen LogP contribution in [0, 0.1) is 13.8 Å². The number of nitrogens with zero attached hydrogens (tertiary/aromatic N) is 4. The molecule has 2 aliphatic heterocycles. The minimum absolute atomic E-state index is 0.284. The van der Waals surface area contributed by atoms with E-state index >= 15 is 0 Å². The number of piperidine rings is 1. The maximum absolute atomic E-state index is 6.29. The summed E-state index contributed by atoms with van der Waals surface area (Å²) in [5, 5.41) is 0. The molecule has 0 unspecified atom stereocenters. The van der Waals surface area contributed by atoms with Gasteiger partial charge in [0.2, 0.25) is 0 Å². The third kappa shape index (κ3) is 3.76. The van der Waals surface area contributed by atoms with Gasteiger partial charge in [-0.2, -0.15) is 0 Å². The zero-order chi connectivity index (χ0) is 17.9. The molecule has 5 nitrogen and oxygen atoms in total. The fourth-order valence-corrected chi connectivity index (χ4v) is 3.85. The molecule has 0 amide bonds. The van der Waals surface area contributed by atoms with E-state index in [2.05, 4.69) is 57.9 Å². The van der Waals surface area contributed by atoms with Gasteiger partial charge in [-0.15, -0.1) is 0 Å². The van der Waals surface area contributed by atoms with Gasteiger partial charge in [0.05, 0.1) is 0 Å². The summed E-state index contributed by atoms with van der Waals surface area (Å²) in [5.41, 5.74) is 2.46. The SMILES string of the molecule is Cc1ccc(C)c(OC2CCN(c3cc(N4CCCC4)ncn3)CC2)c1. The molecular formula is C21H28N4O. The van der Waals surface area contributed by atoms with Crippen LogP contribution in [0.1, 0.15) is 36.8 Å². The lowest BCUT2D eigenvalue weighted by Crippen LogP contribution is -2.39. The van der Waals surface area contributed by atoms with Crippen LogP contribution in [0.3, 0.4) is 0 Å². The lowest BCUT2D eigenvalue weighted by atomic mass is 10.1. The maximum Gasteiger partial charge on any atom is 0.134 e. The number of hydrogen-bond acceptors (Lipinski definition) is 5. The number of rotatable bonds is 4. The van der Waals surface area contributed by atoms with Gasteiger partial charge in [-0.25, -0.2) is 9.97 Å². The standard InChI is InChI=1S/C21H28N4O/c1-16-5-6-17(2)19(13-16)26-18-7-11-25(12-8-18)21-14-20(22-15-23-21)24-9-3-4-10-24/h5-6,13-15,18H,3-4,7-12H2,1-2H3. The molecule has 0 aliphatic carbocycles. The summed E-state index contributed by atoms with van der Waals surface area (Å²) in [6, 6.07) is 8.57. The van der Waals surface area contributed by atoms with Gasteiger partial charge in [0.1, 0.15) is 29.8 Å². The minimum Gasteiger partial charge on any atom is -0.490 e. The van der Waals surface area contributed by atoms with Crippen LogP contribution in [0.25, 0.3) is 0 Å². The highest BCUT2D eigenvalue weighted by atomic mass is 16.5. The number of anilines is 2. The largest absolute Gasteiger partial charge is 0.490 e. The predicted octanol–water partition coefficient (Wildman–Crippen LogP) is 3.74. The zero-order valence-corrected chi connectivity index (χ0v) is 15.8. The van der Waals surface area contributed by atoms with Gasteiger partial charge in [-0.05, 0) is 43.9 Å². The molecule has 0 N–H and O–H groups in total. The Bertz CT molecular complexity index is 749. The molecule has 0 saturated carbocycles. The van der Waals surface area contributed by atoms with E-state index < -0.39 is 0 Å². The number of benzene rings is 1. The zero-order valence-electron chi connectivity index (χ0n) is 15.8. The minimum atomic E-state index is 0.284. The van der Waals surface area contributed by atoms with E-state index in [4.69, 9.17) is 4.74 Å². The van der Waals surface area contributed by atoms with Crippen LogP contribution < -0.4 is 14.5 Å². The fraction of sp³-hybridized carbons (Fsp3) is 0.524. The van der Waals surface area contributed by atoms with Crippen molar-refractivity contribution in [1.29, 1.82) is 0 Å². The molecule has 3 heterocycles. The molecule has 0 bridgehead atoms. The third-order valence-electron chi connectivity index (χ3n) is 5.47. The lowest BCUT2D eigenvalue weighted by Gasteiger charge is -2.33. The summed E-state index contributed by atoms with van der Waals surface area (Å²) in [5.74, 6) is 3.15. The molecule has 2 fully saturated rings.